The average Bonchev–Trinajstić information content (AvgIpc) is 3.22. The zero-order chi connectivity index (χ0) is 25.5. The number of carboxylic acid groups (broad SMARTS) is 2. The topological polar surface area (TPSA) is 220 Å². The van der Waals surface area contributed by atoms with E-state index in [1.807, 2.05) is 0 Å². The number of nitro groups is 1. The normalized spacial score (nSPS) is 11.9. The van der Waals surface area contributed by atoms with Gasteiger partial charge >= 0.3 is 11.9 Å². The maximum Gasteiger partial charge on any atom is 0.341 e. The standard InChI is InChI=1S/C20H18N6O8S/c21-13(20(30)31)4-6-17(27)22-10-1-5-14(16(7-10)34-9-18(28)29)23-24-19-12-3-2-11(26(32)33)8-15(12)25-35-19/h1-3,5,7-8,13H,4,6,9,21H2,(H,22,27)(H,28,29)(H,30,31). The Hall–Kier alpha value is -4.50. The number of nitrogens with one attached hydrogen (secondary N) is 1. The SMILES string of the molecule is NC(CCC(=O)Nc1ccc(N=Nc2snc3cc([N+](=O)[O-])ccc23)c(OCC(=O)O)c1)C(=O)O. The first-order valence-corrected chi connectivity index (χ1v) is 10.6. The predicted molar refractivity (Wildman–Crippen MR) is 123 cm³/mol. The van der Waals surface area contributed by atoms with E-state index >= 15 is 0 Å². The van der Waals surface area contributed by atoms with Crippen molar-refractivity contribution in [1.29, 1.82) is 0 Å². The molecule has 0 aliphatic carbocycles. The highest BCUT2D eigenvalue weighted by Crippen LogP contribution is 2.36. The number of carbonyl (C=O) groups excluding carboxylic acids is 1. The molecular formula is C20H18N6O8S. The smallest absolute Gasteiger partial charge is 0.341 e. The fourth-order valence-corrected chi connectivity index (χ4v) is 3.45. The Labute approximate surface area is 200 Å². The summed E-state index contributed by atoms with van der Waals surface area (Å²) in [6, 6.07) is 7.22. The highest BCUT2D eigenvalue weighted by Gasteiger charge is 2.15. The number of amides is 1. The van der Waals surface area contributed by atoms with E-state index in [-0.39, 0.29) is 35.7 Å². The van der Waals surface area contributed by atoms with E-state index in [1.54, 1.807) is 0 Å². The maximum atomic E-state index is 12.1. The van der Waals surface area contributed by atoms with Gasteiger partial charge in [0.1, 0.15) is 17.5 Å². The van der Waals surface area contributed by atoms with E-state index in [4.69, 9.17) is 20.7 Å². The number of anilines is 1. The monoisotopic (exact) mass is 502 g/mol. The second-order valence-electron chi connectivity index (χ2n) is 7.04. The summed E-state index contributed by atoms with van der Waals surface area (Å²) in [6.45, 7) is -0.680. The minimum atomic E-state index is -1.24. The van der Waals surface area contributed by atoms with Crippen LogP contribution in [-0.2, 0) is 14.4 Å². The van der Waals surface area contributed by atoms with E-state index in [2.05, 4.69) is 19.9 Å². The minimum absolute atomic E-state index is 0.0145. The first-order chi connectivity index (χ1) is 16.6. The van der Waals surface area contributed by atoms with E-state index in [9.17, 15) is 24.5 Å². The van der Waals surface area contributed by atoms with Gasteiger partial charge in [-0.25, -0.2) is 4.79 Å². The second kappa shape index (κ2) is 11.1. The van der Waals surface area contributed by atoms with Crippen LogP contribution < -0.4 is 15.8 Å². The molecule has 0 spiro atoms. The number of non-ortho nitro benzene ring substituents is 1. The lowest BCUT2D eigenvalue weighted by Crippen LogP contribution is -2.31. The van der Waals surface area contributed by atoms with E-state index in [1.165, 1.54) is 36.4 Å². The van der Waals surface area contributed by atoms with Crippen LogP contribution in [0.1, 0.15) is 12.8 Å². The number of hydrogen-bond donors (Lipinski definition) is 4. The van der Waals surface area contributed by atoms with Gasteiger partial charge in [0.15, 0.2) is 11.6 Å². The molecule has 1 heterocycles. The third-order valence-corrected chi connectivity index (χ3v) is 5.26. The Morgan fingerprint density at radius 2 is 1.97 bits per heavy atom. The van der Waals surface area contributed by atoms with Crippen molar-refractivity contribution in [3.8, 4) is 5.75 Å². The summed E-state index contributed by atoms with van der Waals surface area (Å²) in [4.78, 5) is 44.2. The number of rotatable bonds is 11. The molecule has 0 saturated carbocycles. The second-order valence-corrected chi connectivity index (χ2v) is 7.79. The number of nitrogens with two attached hydrogens (primary N) is 1. The fourth-order valence-electron chi connectivity index (χ4n) is 2.77. The minimum Gasteiger partial charge on any atom is -0.480 e. The number of hydrogen-bond acceptors (Lipinski definition) is 11. The summed E-state index contributed by atoms with van der Waals surface area (Å²) in [6.07, 6.45) is -0.210. The number of fused-ring (bicyclic) bond motifs is 1. The first-order valence-electron chi connectivity index (χ1n) is 9.86. The fraction of sp³-hybridized carbons (Fsp3) is 0.200. The molecule has 0 bridgehead atoms. The number of aromatic nitrogens is 1. The summed E-state index contributed by atoms with van der Waals surface area (Å²) in [7, 11) is 0. The Morgan fingerprint density at radius 1 is 1.20 bits per heavy atom. The molecule has 1 aromatic heterocycles. The Kier molecular flexibility index (Phi) is 7.96. The number of aliphatic carboxylic acids is 2. The van der Waals surface area contributed by atoms with Crippen LogP contribution in [0, 0.1) is 10.1 Å². The van der Waals surface area contributed by atoms with Crippen molar-refractivity contribution < 1.29 is 34.3 Å². The Bertz CT molecular complexity index is 1320. The maximum absolute atomic E-state index is 12.1. The summed E-state index contributed by atoms with van der Waals surface area (Å²) < 4.78 is 9.39. The molecule has 0 aliphatic heterocycles. The van der Waals surface area contributed by atoms with Gasteiger partial charge in [0.25, 0.3) is 5.69 Å². The number of azo groups is 1. The number of ether oxygens (including phenoxy) is 1. The van der Waals surface area contributed by atoms with Crippen LogP contribution in [0.2, 0.25) is 0 Å². The number of carboxylic acids is 2. The van der Waals surface area contributed by atoms with Crippen LogP contribution in [0.4, 0.5) is 22.1 Å². The summed E-state index contributed by atoms with van der Waals surface area (Å²) in [5.41, 5.74) is 6.06. The number of nitro benzene ring substituents is 1. The molecule has 1 amide bonds. The van der Waals surface area contributed by atoms with Crippen LogP contribution in [0.5, 0.6) is 5.75 Å². The number of nitrogens with zero attached hydrogens (tertiary/aromatic N) is 4. The average molecular weight is 502 g/mol. The van der Waals surface area contributed by atoms with Crippen molar-refractivity contribution >= 4 is 62.3 Å². The Balaban J connectivity index is 1.80. The van der Waals surface area contributed by atoms with Gasteiger partial charge in [0.2, 0.25) is 5.91 Å². The molecule has 0 fully saturated rings. The lowest BCUT2D eigenvalue weighted by atomic mass is 10.1. The summed E-state index contributed by atoms with van der Waals surface area (Å²) in [5.74, 6) is -2.94. The van der Waals surface area contributed by atoms with Crippen molar-refractivity contribution in [3.05, 3.63) is 46.5 Å². The van der Waals surface area contributed by atoms with Gasteiger partial charge in [0.05, 0.1) is 10.4 Å². The highest BCUT2D eigenvalue weighted by molar-refractivity contribution is 7.11. The largest absolute Gasteiger partial charge is 0.480 e. The van der Waals surface area contributed by atoms with Crippen LogP contribution in [-0.4, -0.2) is 50.0 Å². The summed E-state index contributed by atoms with van der Waals surface area (Å²) in [5, 5.41) is 40.3. The molecule has 182 valence electrons. The lowest BCUT2D eigenvalue weighted by Gasteiger charge is -2.11. The summed E-state index contributed by atoms with van der Waals surface area (Å²) >= 11 is 0.971. The molecule has 0 aliphatic rings. The zero-order valence-electron chi connectivity index (χ0n) is 17.8. The quantitative estimate of drug-likeness (QED) is 0.170. The van der Waals surface area contributed by atoms with E-state index < -0.39 is 35.4 Å². The molecule has 15 heteroatoms. The van der Waals surface area contributed by atoms with Gasteiger partial charge in [-0.2, -0.15) is 4.37 Å². The zero-order valence-corrected chi connectivity index (χ0v) is 18.6. The van der Waals surface area contributed by atoms with Crippen LogP contribution in [0.3, 0.4) is 0 Å². The molecule has 35 heavy (non-hydrogen) atoms. The van der Waals surface area contributed by atoms with Crippen molar-refractivity contribution in [2.75, 3.05) is 11.9 Å². The van der Waals surface area contributed by atoms with E-state index in [0.717, 1.165) is 11.5 Å². The van der Waals surface area contributed by atoms with Gasteiger partial charge in [-0.15, -0.1) is 10.2 Å². The van der Waals surface area contributed by atoms with Gasteiger partial charge in [0, 0.05) is 35.7 Å². The lowest BCUT2D eigenvalue weighted by molar-refractivity contribution is -0.384. The number of benzene rings is 2. The van der Waals surface area contributed by atoms with Crippen LogP contribution >= 0.6 is 11.5 Å². The third-order valence-electron chi connectivity index (χ3n) is 4.50. The van der Waals surface area contributed by atoms with E-state index in [0.29, 0.717) is 15.9 Å². The molecule has 3 aromatic rings. The Morgan fingerprint density at radius 3 is 2.66 bits per heavy atom. The third kappa shape index (κ3) is 6.75. The molecule has 1 atom stereocenters. The van der Waals surface area contributed by atoms with Crippen molar-refractivity contribution in [3.63, 3.8) is 0 Å². The van der Waals surface area contributed by atoms with Crippen molar-refractivity contribution in [2.45, 2.75) is 18.9 Å². The van der Waals surface area contributed by atoms with Gasteiger partial charge in [-0.1, -0.05) is 0 Å². The van der Waals surface area contributed by atoms with Gasteiger partial charge < -0.3 is 26.0 Å². The van der Waals surface area contributed by atoms with Crippen molar-refractivity contribution in [2.24, 2.45) is 16.0 Å². The molecule has 0 saturated heterocycles. The van der Waals surface area contributed by atoms with Crippen LogP contribution in [0.15, 0.2) is 46.6 Å². The van der Waals surface area contributed by atoms with Crippen LogP contribution in [0.25, 0.3) is 10.9 Å². The van der Waals surface area contributed by atoms with Crippen molar-refractivity contribution in [1.82, 2.24) is 4.37 Å². The molecule has 14 nitrogen and oxygen atoms in total. The molecular weight excluding hydrogens is 484 g/mol. The van der Waals surface area contributed by atoms with Gasteiger partial charge in [-0.05, 0) is 36.2 Å². The molecule has 1 unspecified atom stereocenters. The molecule has 3 rings (SSSR count). The molecule has 5 N–H and O–H groups in total. The molecule has 0 radical (unpaired) electrons. The highest BCUT2D eigenvalue weighted by atomic mass is 32.1. The van der Waals surface area contributed by atoms with Gasteiger partial charge in [-0.3, -0.25) is 19.7 Å². The number of carbonyl (C=O) groups is 3. The first kappa shape index (κ1) is 25.1. The molecule has 2 aromatic carbocycles. The predicted octanol–water partition coefficient (Wildman–Crippen LogP) is 3.21.